The Morgan fingerprint density at radius 1 is 1.33 bits per heavy atom. The number of thiophene rings is 1. The highest BCUT2D eigenvalue weighted by atomic mass is 79.9. The van der Waals surface area contributed by atoms with Crippen LogP contribution in [-0.2, 0) is 0 Å². The van der Waals surface area contributed by atoms with Crippen molar-refractivity contribution in [1.82, 2.24) is 0 Å². The van der Waals surface area contributed by atoms with Crippen molar-refractivity contribution < 1.29 is 9.18 Å². The van der Waals surface area contributed by atoms with E-state index in [0.29, 0.717) is 10.4 Å². The highest BCUT2D eigenvalue weighted by molar-refractivity contribution is 9.13. The van der Waals surface area contributed by atoms with Crippen LogP contribution in [0.3, 0.4) is 0 Å². The van der Waals surface area contributed by atoms with Crippen molar-refractivity contribution in [2.24, 2.45) is 0 Å². The maximum Gasteiger partial charge on any atom is 0.203 e. The monoisotopic (exact) mass is 391 g/mol. The van der Waals surface area contributed by atoms with Crippen LogP contribution < -0.4 is 5.73 Å². The van der Waals surface area contributed by atoms with Gasteiger partial charge in [0.1, 0.15) is 5.82 Å². The third-order valence-electron chi connectivity index (χ3n) is 2.52. The van der Waals surface area contributed by atoms with E-state index < -0.39 is 5.82 Å². The van der Waals surface area contributed by atoms with Gasteiger partial charge in [0.25, 0.3) is 0 Å². The van der Waals surface area contributed by atoms with Crippen LogP contribution in [0.4, 0.5) is 10.1 Å². The summed E-state index contributed by atoms with van der Waals surface area (Å²) in [7, 11) is 0. The molecule has 18 heavy (non-hydrogen) atoms. The number of hydrogen-bond donors (Lipinski definition) is 1. The fraction of sp³-hybridized carbons (Fsp3) is 0.0833. The maximum absolute atomic E-state index is 13.6. The molecule has 0 atom stereocenters. The molecule has 0 saturated heterocycles. The molecule has 1 aromatic heterocycles. The van der Waals surface area contributed by atoms with Crippen LogP contribution in [0.5, 0.6) is 0 Å². The molecule has 0 saturated carbocycles. The average Bonchev–Trinajstić information content (AvgIpc) is 2.65. The molecule has 0 spiro atoms. The van der Waals surface area contributed by atoms with E-state index in [-0.39, 0.29) is 17.0 Å². The first-order valence-electron chi connectivity index (χ1n) is 4.95. The number of benzene rings is 1. The lowest BCUT2D eigenvalue weighted by Crippen LogP contribution is -2.03. The van der Waals surface area contributed by atoms with Crippen LogP contribution in [-0.4, -0.2) is 5.78 Å². The fourth-order valence-corrected chi connectivity index (χ4v) is 3.43. The summed E-state index contributed by atoms with van der Waals surface area (Å²) in [5.74, 6) is -0.704. The van der Waals surface area contributed by atoms with Gasteiger partial charge >= 0.3 is 0 Å². The second-order valence-corrected chi connectivity index (χ2v) is 6.96. The van der Waals surface area contributed by atoms with Crippen LogP contribution in [0.25, 0.3) is 0 Å². The zero-order valence-electron chi connectivity index (χ0n) is 9.26. The minimum absolute atomic E-state index is 0.239. The molecule has 6 heteroatoms. The van der Waals surface area contributed by atoms with Gasteiger partial charge in [-0.05, 0) is 57.0 Å². The number of nitrogen functional groups attached to an aromatic ring is 1. The van der Waals surface area contributed by atoms with Gasteiger partial charge in [-0.3, -0.25) is 4.79 Å². The van der Waals surface area contributed by atoms with Crippen molar-refractivity contribution in [3.05, 3.63) is 48.3 Å². The minimum atomic E-state index is -0.465. The Labute approximate surface area is 124 Å². The Morgan fingerprint density at radius 3 is 2.50 bits per heavy atom. The van der Waals surface area contributed by atoms with Crippen molar-refractivity contribution in [1.29, 1.82) is 0 Å². The van der Waals surface area contributed by atoms with Crippen LogP contribution >= 0.6 is 43.2 Å². The Kier molecular flexibility index (Phi) is 3.89. The van der Waals surface area contributed by atoms with Gasteiger partial charge in [-0.2, -0.15) is 0 Å². The molecule has 0 radical (unpaired) electrons. The molecule has 0 aliphatic rings. The van der Waals surface area contributed by atoms with Crippen molar-refractivity contribution >= 4 is 54.7 Å². The molecule has 0 aliphatic carbocycles. The summed E-state index contributed by atoms with van der Waals surface area (Å²) < 4.78 is 15.2. The summed E-state index contributed by atoms with van der Waals surface area (Å²) in [5, 5.41) is 0. The molecule has 1 heterocycles. The lowest BCUT2D eigenvalue weighted by Gasteiger charge is -2.05. The topological polar surface area (TPSA) is 43.1 Å². The number of carbonyl (C=O) groups excluding carboxylic acids is 1. The molecular formula is C12H8Br2FNOS. The number of carbonyl (C=O) groups is 1. The number of ketones is 1. The Bertz CT molecular complexity index is 596. The first-order valence-corrected chi connectivity index (χ1v) is 7.35. The molecule has 0 fully saturated rings. The molecule has 0 amide bonds. The average molecular weight is 393 g/mol. The van der Waals surface area contributed by atoms with E-state index >= 15 is 0 Å². The SMILES string of the molecule is Cc1c(N)cc(C(=O)c2cc(Br)c(Br)s2)cc1F. The van der Waals surface area contributed by atoms with Crippen LogP contribution in [0.15, 0.2) is 26.5 Å². The second kappa shape index (κ2) is 5.11. The highest BCUT2D eigenvalue weighted by Gasteiger charge is 2.16. The van der Waals surface area contributed by atoms with Crippen molar-refractivity contribution in [3.8, 4) is 0 Å². The summed E-state index contributed by atoms with van der Waals surface area (Å²) in [6, 6.07) is 4.42. The lowest BCUT2D eigenvalue weighted by molar-refractivity contribution is 0.104. The van der Waals surface area contributed by atoms with E-state index in [0.717, 1.165) is 8.26 Å². The summed E-state index contributed by atoms with van der Waals surface area (Å²) in [6.45, 7) is 1.58. The molecule has 0 aliphatic heterocycles. The van der Waals surface area contributed by atoms with Gasteiger partial charge in [0.05, 0.1) is 8.66 Å². The smallest absolute Gasteiger partial charge is 0.203 e. The lowest BCUT2D eigenvalue weighted by atomic mass is 10.1. The fourth-order valence-electron chi connectivity index (χ4n) is 1.43. The largest absolute Gasteiger partial charge is 0.398 e. The van der Waals surface area contributed by atoms with Crippen molar-refractivity contribution in [2.75, 3.05) is 5.73 Å². The van der Waals surface area contributed by atoms with Crippen LogP contribution in [0.1, 0.15) is 20.8 Å². The Balaban J connectivity index is 2.46. The molecular weight excluding hydrogens is 385 g/mol. The highest BCUT2D eigenvalue weighted by Crippen LogP contribution is 2.34. The van der Waals surface area contributed by atoms with E-state index in [9.17, 15) is 9.18 Å². The quantitative estimate of drug-likeness (QED) is 0.602. The third-order valence-corrected chi connectivity index (χ3v) is 5.77. The molecule has 1 aromatic carbocycles. The van der Waals surface area contributed by atoms with Crippen molar-refractivity contribution in [3.63, 3.8) is 0 Å². The van der Waals surface area contributed by atoms with E-state index in [1.54, 1.807) is 13.0 Å². The van der Waals surface area contributed by atoms with Gasteiger partial charge in [-0.15, -0.1) is 11.3 Å². The number of halogens is 3. The zero-order valence-corrected chi connectivity index (χ0v) is 13.2. The molecule has 0 bridgehead atoms. The number of nitrogens with two attached hydrogens (primary N) is 1. The normalized spacial score (nSPS) is 10.7. The Hall–Kier alpha value is -0.720. The van der Waals surface area contributed by atoms with Gasteiger partial charge in [0, 0.05) is 21.3 Å². The van der Waals surface area contributed by atoms with Crippen LogP contribution in [0, 0.1) is 12.7 Å². The predicted octanol–water partition coefficient (Wildman–Crippen LogP) is 4.53. The van der Waals surface area contributed by atoms with Gasteiger partial charge in [0.2, 0.25) is 5.78 Å². The van der Waals surface area contributed by atoms with Crippen molar-refractivity contribution in [2.45, 2.75) is 6.92 Å². The standard InChI is InChI=1S/C12H8Br2FNOS/c1-5-8(15)2-6(3-9(5)16)11(17)10-4-7(13)12(14)18-10/h2-4H,16H2,1H3. The van der Waals surface area contributed by atoms with Gasteiger partial charge in [-0.1, -0.05) is 0 Å². The van der Waals surface area contributed by atoms with Gasteiger partial charge in [0.15, 0.2) is 0 Å². The third kappa shape index (κ3) is 2.50. The molecule has 2 nitrogen and oxygen atoms in total. The Morgan fingerprint density at radius 2 is 2.00 bits per heavy atom. The van der Waals surface area contributed by atoms with Gasteiger partial charge in [-0.25, -0.2) is 4.39 Å². The number of rotatable bonds is 2. The summed E-state index contributed by atoms with van der Waals surface area (Å²) in [5.41, 5.74) is 6.57. The van der Waals surface area contributed by atoms with E-state index in [1.165, 1.54) is 23.5 Å². The molecule has 2 aromatic rings. The second-order valence-electron chi connectivity index (χ2n) is 3.73. The summed E-state index contributed by atoms with van der Waals surface area (Å²) >= 11 is 7.92. The first-order chi connectivity index (χ1) is 8.40. The van der Waals surface area contributed by atoms with E-state index in [4.69, 9.17) is 5.73 Å². The van der Waals surface area contributed by atoms with E-state index in [1.807, 2.05) is 0 Å². The molecule has 2 rings (SSSR count). The predicted molar refractivity (Wildman–Crippen MR) is 78.7 cm³/mol. The number of anilines is 1. The molecule has 94 valence electrons. The molecule has 2 N–H and O–H groups in total. The summed E-state index contributed by atoms with van der Waals surface area (Å²) in [6.07, 6.45) is 0. The number of hydrogen-bond acceptors (Lipinski definition) is 3. The maximum atomic E-state index is 13.6. The van der Waals surface area contributed by atoms with Crippen LogP contribution in [0.2, 0.25) is 0 Å². The van der Waals surface area contributed by atoms with E-state index in [2.05, 4.69) is 31.9 Å². The minimum Gasteiger partial charge on any atom is -0.398 e. The van der Waals surface area contributed by atoms with Gasteiger partial charge < -0.3 is 5.73 Å². The first kappa shape index (κ1) is 13.7. The zero-order chi connectivity index (χ0) is 13.4. The molecule has 0 unspecified atom stereocenters. The summed E-state index contributed by atoms with van der Waals surface area (Å²) in [4.78, 5) is 12.7.